The van der Waals surface area contributed by atoms with Crippen LogP contribution in [0.15, 0.2) is 108 Å². The largest absolute Gasteiger partial charge is 0.508 e. The Morgan fingerprint density at radius 3 is 2.38 bits per heavy atom. The monoisotopic (exact) mass is 585 g/mol. The van der Waals surface area contributed by atoms with Crippen molar-refractivity contribution in [3.05, 3.63) is 120 Å². The van der Waals surface area contributed by atoms with Crippen molar-refractivity contribution >= 4 is 46.9 Å². The molecule has 0 radical (unpaired) electrons. The van der Waals surface area contributed by atoms with Crippen molar-refractivity contribution in [1.82, 2.24) is 5.32 Å². The molecule has 0 bridgehead atoms. The number of carbonyl (C=O) groups is 3. The Bertz CT molecular complexity index is 1630. The van der Waals surface area contributed by atoms with Crippen LogP contribution in [0.5, 0.6) is 11.5 Å². The molecule has 3 amide bonds. The second kappa shape index (κ2) is 14.0. The minimum absolute atomic E-state index is 0.0190. The number of amides is 3. The standard InChI is InChI=1S/C32H28FN3O5S/c1-20(30(38)35-27-14-7-6-13-26(27)33)42-25-12-8-11-23(18-25)34-32(40)28(36-31(39)21-9-4-3-5-10-21)17-22-15-16-24(37)19-29(22)41-2/h3-20,37H,1-2H3,(H,34,40)(H,35,38)(H,36,39)/b28-17+. The number of ether oxygens (including phenoxy) is 1. The van der Waals surface area contributed by atoms with E-state index in [4.69, 9.17) is 4.74 Å². The van der Waals surface area contributed by atoms with Crippen molar-refractivity contribution in [2.24, 2.45) is 0 Å². The first-order chi connectivity index (χ1) is 20.2. The number of phenols is 1. The topological polar surface area (TPSA) is 117 Å². The average molecular weight is 586 g/mol. The van der Waals surface area contributed by atoms with Crippen LogP contribution in [-0.4, -0.2) is 35.2 Å². The van der Waals surface area contributed by atoms with E-state index in [0.29, 0.717) is 27.5 Å². The Kier molecular flexibility index (Phi) is 9.96. The fourth-order valence-electron chi connectivity index (χ4n) is 3.82. The molecule has 10 heteroatoms. The molecule has 4 aromatic carbocycles. The van der Waals surface area contributed by atoms with Gasteiger partial charge in [0.25, 0.3) is 11.8 Å². The van der Waals surface area contributed by atoms with E-state index in [1.54, 1.807) is 73.7 Å². The second-order valence-corrected chi connectivity index (χ2v) is 10.4. The van der Waals surface area contributed by atoms with Gasteiger partial charge in [0.05, 0.1) is 18.0 Å². The zero-order valence-electron chi connectivity index (χ0n) is 22.8. The molecule has 0 saturated carbocycles. The molecule has 0 heterocycles. The average Bonchev–Trinajstić information content (AvgIpc) is 2.99. The summed E-state index contributed by atoms with van der Waals surface area (Å²) in [5.74, 6) is -1.72. The molecular weight excluding hydrogens is 557 g/mol. The number of hydrogen-bond donors (Lipinski definition) is 4. The molecule has 4 aromatic rings. The zero-order valence-corrected chi connectivity index (χ0v) is 23.6. The number of thioether (sulfide) groups is 1. The highest BCUT2D eigenvalue weighted by Crippen LogP contribution is 2.28. The molecular formula is C32H28FN3O5S. The summed E-state index contributed by atoms with van der Waals surface area (Å²) in [6.45, 7) is 1.69. The molecule has 4 N–H and O–H groups in total. The van der Waals surface area contributed by atoms with Gasteiger partial charge in [-0.25, -0.2) is 4.39 Å². The summed E-state index contributed by atoms with van der Waals surface area (Å²) >= 11 is 1.23. The van der Waals surface area contributed by atoms with Gasteiger partial charge in [-0.2, -0.15) is 0 Å². The van der Waals surface area contributed by atoms with Crippen LogP contribution >= 0.6 is 11.8 Å². The van der Waals surface area contributed by atoms with Crippen molar-refractivity contribution < 1.29 is 28.6 Å². The highest BCUT2D eigenvalue weighted by atomic mass is 32.2. The molecule has 214 valence electrons. The van der Waals surface area contributed by atoms with Crippen LogP contribution in [0.3, 0.4) is 0 Å². The summed E-state index contributed by atoms with van der Waals surface area (Å²) in [6, 6.07) is 25.6. The lowest BCUT2D eigenvalue weighted by Gasteiger charge is -2.15. The van der Waals surface area contributed by atoms with Crippen LogP contribution in [0.2, 0.25) is 0 Å². The molecule has 0 spiro atoms. The van der Waals surface area contributed by atoms with Crippen LogP contribution in [0, 0.1) is 5.82 Å². The molecule has 0 aromatic heterocycles. The lowest BCUT2D eigenvalue weighted by molar-refractivity contribution is -0.115. The number of halogens is 1. The number of hydrogen-bond acceptors (Lipinski definition) is 6. The lowest BCUT2D eigenvalue weighted by atomic mass is 10.1. The van der Waals surface area contributed by atoms with Gasteiger partial charge in [-0.3, -0.25) is 14.4 Å². The minimum atomic E-state index is -0.609. The van der Waals surface area contributed by atoms with Gasteiger partial charge in [0, 0.05) is 27.8 Å². The second-order valence-electron chi connectivity index (χ2n) is 9.02. The normalized spacial score (nSPS) is 11.7. The predicted molar refractivity (Wildman–Crippen MR) is 162 cm³/mol. The SMILES string of the molecule is COc1cc(O)ccc1/C=C(/NC(=O)c1ccccc1)C(=O)Nc1cccc(SC(C)C(=O)Nc2ccccc2F)c1. The Labute approximate surface area is 246 Å². The van der Waals surface area contributed by atoms with Gasteiger partial charge in [-0.15, -0.1) is 11.8 Å². The van der Waals surface area contributed by atoms with E-state index in [2.05, 4.69) is 16.0 Å². The number of anilines is 2. The molecule has 42 heavy (non-hydrogen) atoms. The van der Waals surface area contributed by atoms with Gasteiger partial charge in [0.15, 0.2) is 0 Å². The summed E-state index contributed by atoms with van der Waals surface area (Å²) in [6.07, 6.45) is 1.45. The zero-order chi connectivity index (χ0) is 30.1. The van der Waals surface area contributed by atoms with E-state index in [-0.39, 0.29) is 23.0 Å². The van der Waals surface area contributed by atoms with Gasteiger partial charge >= 0.3 is 0 Å². The van der Waals surface area contributed by atoms with Crippen LogP contribution in [-0.2, 0) is 9.59 Å². The van der Waals surface area contributed by atoms with E-state index in [1.165, 1.54) is 55.3 Å². The fraction of sp³-hybridized carbons (Fsp3) is 0.0938. The summed E-state index contributed by atoms with van der Waals surface area (Å²) < 4.78 is 19.3. The van der Waals surface area contributed by atoms with E-state index < -0.39 is 22.9 Å². The van der Waals surface area contributed by atoms with E-state index in [1.807, 2.05) is 0 Å². The first-order valence-corrected chi connectivity index (χ1v) is 13.7. The number of rotatable bonds is 10. The Hall–Kier alpha value is -5.09. The summed E-state index contributed by atoms with van der Waals surface area (Å²) in [5, 5.41) is 17.3. The van der Waals surface area contributed by atoms with Crippen LogP contribution in [0.25, 0.3) is 6.08 Å². The third-order valence-corrected chi connectivity index (χ3v) is 7.05. The number of methoxy groups -OCH3 is 1. The smallest absolute Gasteiger partial charge is 0.272 e. The summed E-state index contributed by atoms with van der Waals surface area (Å²) in [7, 11) is 1.43. The summed E-state index contributed by atoms with van der Waals surface area (Å²) in [4.78, 5) is 39.7. The van der Waals surface area contributed by atoms with Crippen LogP contribution in [0.1, 0.15) is 22.8 Å². The number of para-hydroxylation sites is 1. The Balaban J connectivity index is 1.52. The first kappa shape index (κ1) is 29.9. The number of nitrogens with one attached hydrogen (secondary N) is 3. The third-order valence-electron chi connectivity index (χ3n) is 5.95. The van der Waals surface area contributed by atoms with E-state index in [9.17, 15) is 23.9 Å². The molecule has 0 saturated heterocycles. The number of carbonyl (C=O) groups excluding carboxylic acids is 3. The maximum Gasteiger partial charge on any atom is 0.272 e. The number of phenolic OH excluding ortho intramolecular Hbond substituents is 1. The van der Waals surface area contributed by atoms with Gasteiger partial charge in [-0.05, 0) is 67.6 Å². The maximum atomic E-state index is 13.9. The van der Waals surface area contributed by atoms with Gasteiger partial charge in [-0.1, -0.05) is 36.4 Å². The van der Waals surface area contributed by atoms with Gasteiger partial charge in [0.2, 0.25) is 5.91 Å². The molecule has 1 unspecified atom stereocenters. The quantitative estimate of drug-likeness (QED) is 0.133. The molecule has 0 aliphatic carbocycles. The van der Waals surface area contributed by atoms with E-state index in [0.717, 1.165) is 0 Å². The molecule has 0 aliphatic rings. The van der Waals surface area contributed by atoms with Crippen molar-refractivity contribution in [1.29, 1.82) is 0 Å². The lowest BCUT2D eigenvalue weighted by Crippen LogP contribution is -2.30. The number of benzene rings is 4. The summed E-state index contributed by atoms with van der Waals surface area (Å²) in [5.41, 5.74) is 1.26. The van der Waals surface area contributed by atoms with Crippen LogP contribution in [0.4, 0.5) is 15.8 Å². The molecule has 8 nitrogen and oxygen atoms in total. The van der Waals surface area contributed by atoms with Crippen molar-refractivity contribution in [3.63, 3.8) is 0 Å². The highest BCUT2D eigenvalue weighted by molar-refractivity contribution is 8.00. The third kappa shape index (κ3) is 7.98. The van der Waals surface area contributed by atoms with Crippen molar-refractivity contribution in [2.75, 3.05) is 17.7 Å². The molecule has 0 fully saturated rings. The highest BCUT2D eigenvalue weighted by Gasteiger charge is 2.19. The Morgan fingerprint density at radius 1 is 0.905 bits per heavy atom. The number of aromatic hydroxyl groups is 1. The van der Waals surface area contributed by atoms with Gasteiger partial charge in [0.1, 0.15) is 23.0 Å². The fourth-order valence-corrected chi connectivity index (χ4v) is 4.74. The molecule has 4 rings (SSSR count). The van der Waals surface area contributed by atoms with Crippen molar-refractivity contribution in [3.8, 4) is 11.5 Å². The maximum absolute atomic E-state index is 13.9. The van der Waals surface area contributed by atoms with E-state index >= 15 is 0 Å². The van der Waals surface area contributed by atoms with Crippen LogP contribution < -0.4 is 20.7 Å². The minimum Gasteiger partial charge on any atom is -0.508 e. The van der Waals surface area contributed by atoms with Gasteiger partial charge < -0.3 is 25.8 Å². The first-order valence-electron chi connectivity index (χ1n) is 12.8. The van der Waals surface area contributed by atoms with Crippen molar-refractivity contribution in [2.45, 2.75) is 17.1 Å². The Morgan fingerprint density at radius 2 is 1.64 bits per heavy atom. The molecule has 0 aliphatic heterocycles. The molecule has 1 atom stereocenters. The predicted octanol–water partition coefficient (Wildman–Crippen LogP) is 6.07.